The number of ether oxygens (including phenoxy) is 1. The van der Waals surface area contributed by atoms with E-state index in [4.69, 9.17) is 9.26 Å². The summed E-state index contributed by atoms with van der Waals surface area (Å²) < 4.78 is 10.7. The highest BCUT2D eigenvalue weighted by Gasteiger charge is 2.19. The van der Waals surface area contributed by atoms with Crippen molar-refractivity contribution in [3.8, 4) is 11.5 Å². The van der Waals surface area contributed by atoms with Crippen LogP contribution in [-0.4, -0.2) is 21.1 Å². The van der Waals surface area contributed by atoms with Crippen LogP contribution in [0, 0.1) is 6.92 Å². The molecule has 0 spiro atoms. The maximum Gasteiger partial charge on any atom is 0.339 e. The van der Waals surface area contributed by atoms with Gasteiger partial charge < -0.3 is 9.26 Å². The maximum atomic E-state index is 12.8. The van der Waals surface area contributed by atoms with E-state index in [0.29, 0.717) is 17.3 Å². The van der Waals surface area contributed by atoms with Crippen molar-refractivity contribution in [2.24, 2.45) is 0 Å². The predicted molar refractivity (Wildman–Crippen MR) is 103 cm³/mol. The largest absolute Gasteiger partial charge is 0.454 e. The lowest BCUT2D eigenvalue weighted by Crippen LogP contribution is -2.11. The molecule has 0 bridgehead atoms. The molecule has 4 aromatic rings. The molecule has 0 saturated heterocycles. The fraction of sp³-hybridized carbons (Fsp3) is 0.200. The van der Waals surface area contributed by atoms with Crippen LogP contribution in [0.15, 0.2) is 45.6 Å². The smallest absolute Gasteiger partial charge is 0.339 e. The number of thiophene rings is 1. The zero-order chi connectivity index (χ0) is 18.8. The van der Waals surface area contributed by atoms with Gasteiger partial charge in [-0.1, -0.05) is 30.3 Å². The van der Waals surface area contributed by atoms with Gasteiger partial charge in [0.05, 0.1) is 16.6 Å². The third-order valence-corrected chi connectivity index (χ3v) is 5.03. The van der Waals surface area contributed by atoms with Crippen molar-refractivity contribution in [3.05, 3.63) is 63.7 Å². The number of nitrogens with zero attached hydrogens (tertiary/aromatic N) is 3. The molecule has 0 aliphatic carbocycles. The molecular formula is C20H17N3O3S. The van der Waals surface area contributed by atoms with E-state index in [1.54, 1.807) is 11.3 Å². The minimum absolute atomic E-state index is 0.0516. The molecule has 6 nitrogen and oxygen atoms in total. The van der Waals surface area contributed by atoms with Crippen molar-refractivity contribution >= 4 is 28.2 Å². The standard InChI is InChI=1S/C20H17N3O3S/c1-3-15-12(2)18(14-6-4-5-7-16(14)21-15)20(24)25-10-17-22-19(26-23-17)13-8-9-27-11-13/h4-9,11H,3,10H2,1-2H3. The van der Waals surface area contributed by atoms with Crippen LogP contribution in [0.2, 0.25) is 0 Å². The molecule has 1 aromatic carbocycles. The van der Waals surface area contributed by atoms with Crippen LogP contribution in [0.3, 0.4) is 0 Å². The Balaban J connectivity index is 1.59. The van der Waals surface area contributed by atoms with Gasteiger partial charge >= 0.3 is 5.97 Å². The highest BCUT2D eigenvalue weighted by molar-refractivity contribution is 7.08. The van der Waals surface area contributed by atoms with E-state index in [-0.39, 0.29) is 6.61 Å². The lowest BCUT2D eigenvalue weighted by Gasteiger charge is -2.12. The molecule has 3 heterocycles. The summed E-state index contributed by atoms with van der Waals surface area (Å²) in [6.45, 7) is 3.87. The van der Waals surface area contributed by atoms with Gasteiger partial charge in [-0.25, -0.2) is 4.79 Å². The molecule has 0 radical (unpaired) electrons. The number of aryl methyl sites for hydroxylation is 1. The zero-order valence-electron chi connectivity index (χ0n) is 14.9. The summed E-state index contributed by atoms with van der Waals surface area (Å²) in [6.07, 6.45) is 0.742. The maximum absolute atomic E-state index is 12.8. The summed E-state index contributed by atoms with van der Waals surface area (Å²) >= 11 is 1.55. The molecule has 0 saturated carbocycles. The van der Waals surface area contributed by atoms with Gasteiger partial charge in [-0.05, 0) is 36.4 Å². The number of pyridine rings is 1. The first kappa shape index (κ1) is 17.4. The molecule has 0 aliphatic heterocycles. The van der Waals surface area contributed by atoms with Crippen LogP contribution in [0.25, 0.3) is 22.4 Å². The van der Waals surface area contributed by atoms with Crippen molar-refractivity contribution < 1.29 is 14.1 Å². The molecule has 136 valence electrons. The van der Waals surface area contributed by atoms with E-state index in [0.717, 1.165) is 34.1 Å². The minimum Gasteiger partial charge on any atom is -0.454 e. The lowest BCUT2D eigenvalue weighted by atomic mass is 10.0. The van der Waals surface area contributed by atoms with E-state index >= 15 is 0 Å². The Morgan fingerprint density at radius 2 is 2.07 bits per heavy atom. The van der Waals surface area contributed by atoms with Gasteiger partial charge in [0.15, 0.2) is 6.61 Å². The molecule has 0 amide bonds. The summed E-state index contributed by atoms with van der Waals surface area (Å²) in [7, 11) is 0. The van der Waals surface area contributed by atoms with E-state index in [2.05, 4.69) is 15.1 Å². The second-order valence-corrected chi connectivity index (χ2v) is 6.81. The lowest BCUT2D eigenvalue weighted by molar-refractivity contribution is 0.0461. The van der Waals surface area contributed by atoms with Gasteiger partial charge in [0.1, 0.15) is 0 Å². The van der Waals surface area contributed by atoms with E-state index in [1.807, 2.05) is 54.9 Å². The Morgan fingerprint density at radius 1 is 1.22 bits per heavy atom. The van der Waals surface area contributed by atoms with Gasteiger partial charge in [0.2, 0.25) is 5.82 Å². The normalized spacial score (nSPS) is 11.0. The number of carbonyl (C=O) groups excluding carboxylic acids is 1. The van der Waals surface area contributed by atoms with Crippen LogP contribution in [0.1, 0.15) is 34.4 Å². The van der Waals surface area contributed by atoms with Crippen molar-refractivity contribution in [1.29, 1.82) is 0 Å². The summed E-state index contributed by atoms with van der Waals surface area (Å²) in [5.41, 5.74) is 3.91. The summed E-state index contributed by atoms with van der Waals surface area (Å²) in [5.74, 6) is 0.333. The van der Waals surface area contributed by atoms with Crippen molar-refractivity contribution in [1.82, 2.24) is 15.1 Å². The third-order valence-electron chi connectivity index (χ3n) is 4.34. The highest BCUT2D eigenvalue weighted by Crippen LogP contribution is 2.25. The number of fused-ring (bicyclic) bond motifs is 1. The van der Waals surface area contributed by atoms with Crippen LogP contribution in [-0.2, 0) is 17.8 Å². The third kappa shape index (κ3) is 3.33. The number of aromatic nitrogens is 3. The van der Waals surface area contributed by atoms with Crippen LogP contribution in [0.4, 0.5) is 0 Å². The number of hydrogen-bond donors (Lipinski definition) is 0. The zero-order valence-corrected chi connectivity index (χ0v) is 15.7. The highest BCUT2D eigenvalue weighted by atomic mass is 32.1. The fourth-order valence-electron chi connectivity index (χ4n) is 2.98. The average Bonchev–Trinajstić information content (AvgIpc) is 3.37. The summed E-state index contributed by atoms with van der Waals surface area (Å²) in [6, 6.07) is 9.47. The minimum atomic E-state index is -0.414. The van der Waals surface area contributed by atoms with Crippen molar-refractivity contribution in [3.63, 3.8) is 0 Å². The van der Waals surface area contributed by atoms with Gasteiger partial charge in [0.25, 0.3) is 5.89 Å². The van der Waals surface area contributed by atoms with Crippen LogP contribution < -0.4 is 0 Å². The topological polar surface area (TPSA) is 78.1 Å². The van der Waals surface area contributed by atoms with E-state index < -0.39 is 5.97 Å². The number of carbonyl (C=O) groups is 1. The second-order valence-electron chi connectivity index (χ2n) is 6.03. The van der Waals surface area contributed by atoms with Gasteiger partial charge in [0, 0.05) is 16.5 Å². The number of benzene rings is 1. The first-order valence-electron chi connectivity index (χ1n) is 8.58. The Kier molecular flexibility index (Phi) is 4.68. The number of para-hydroxylation sites is 1. The SMILES string of the molecule is CCc1nc2ccccc2c(C(=O)OCc2noc(-c3ccsc3)n2)c1C. The van der Waals surface area contributed by atoms with Crippen molar-refractivity contribution in [2.45, 2.75) is 26.9 Å². The average molecular weight is 379 g/mol. The molecule has 0 fully saturated rings. The first-order valence-corrected chi connectivity index (χ1v) is 9.52. The van der Waals surface area contributed by atoms with Gasteiger partial charge in [-0.15, -0.1) is 0 Å². The number of rotatable bonds is 5. The molecule has 0 atom stereocenters. The monoisotopic (exact) mass is 379 g/mol. The Hall–Kier alpha value is -3.06. The van der Waals surface area contributed by atoms with E-state index in [1.165, 1.54) is 0 Å². The van der Waals surface area contributed by atoms with E-state index in [9.17, 15) is 4.79 Å². The summed E-state index contributed by atoms with van der Waals surface area (Å²) in [4.78, 5) is 21.7. The van der Waals surface area contributed by atoms with Gasteiger partial charge in [-0.2, -0.15) is 16.3 Å². The number of esters is 1. The Morgan fingerprint density at radius 3 is 2.85 bits per heavy atom. The molecule has 7 heteroatoms. The molecular weight excluding hydrogens is 362 g/mol. The van der Waals surface area contributed by atoms with Crippen LogP contribution in [0.5, 0.6) is 0 Å². The Labute approximate surface area is 159 Å². The fourth-order valence-corrected chi connectivity index (χ4v) is 3.61. The molecule has 27 heavy (non-hydrogen) atoms. The van der Waals surface area contributed by atoms with Crippen molar-refractivity contribution in [2.75, 3.05) is 0 Å². The molecule has 0 N–H and O–H groups in total. The quantitative estimate of drug-likeness (QED) is 0.473. The molecule has 0 unspecified atom stereocenters. The molecule has 4 rings (SSSR count). The van der Waals surface area contributed by atoms with Gasteiger partial charge in [-0.3, -0.25) is 4.98 Å². The number of hydrogen-bond acceptors (Lipinski definition) is 7. The predicted octanol–water partition coefficient (Wildman–Crippen LogP) is 4.57. The van der Waals surface area contributed by atoms with Crippen LogP contribution >= 0.6 is 11.3 Å². The summed E-state index contributed by atoms with van der Waals surface area (Å²) in [5, 5.41) is 8.52. The first-order chi connectivity index (χ1) is 13.2. The Bertz CT molecular complexity index is 1100. The molecule has 3 aromatic heterocycles. The molecule has 0 aliphatic rings. The second kappa shape index (κ2) is 7.28.